The normalized spacial score (nSPS) is 29.2. The number of aliphatic hydroxyl groups is 1. The van der Waals surface area contributed by atoms with Gasteiger partial charge in [0.1, 0.15) is 17.9 Å². The van der Waals surface area contributed by atoms with Gasteiger partial charge in [0.25, 0.3) is 5.91 Å². The van der Waals surface area contributed by atoms with Crippen LogP contribution in [-0.4, -0.2) is 125 Å². The average Bonchev–Trinajstić information content (AvgIpc) is 3.42. The van der Waals surface area contributed by atoms with Crippen molar-refractivity contribution in [2.75, 3.05) is 52.9 Å². The Balaban J connectivity index is 1.31. The van der Waals surface area contributed by atoms with Crippen LogP contribution >= 0.6 is 0 Å². The molecule has 1 aromatic carbocycles. The van der Waals surface area contributed by atoms with Crippen molar-refractivity contribution in [1.82, 2.24) is 29.8 Å². The summed E-state index contributed by atoms with van der Waals surface area (Å²) in [6, 6.07) is 5.37. The van der Waals surface area contributed by atoms with Gasteiger partial charge in [0.05, 0.1) is 30.6 Å². The van der Waals surface area contributed by atoms with E-state index in [-0.39, 0.29) is 24.5 Å². The molecule has 11 heteroatoms. The van der Waals surface area contributed by atoms with E-state index in [1.807, 2.05) is 31.4 Å². The molecule has 4 aliphatic rings. The molecule has 1 aromatic heterocycles. The Labute approximate surface area is 241 Å². The van der Waals surface area contributed by atoms with Crippen LogP contribution in [0.2, 0.25) is 0 Å². The summed E-state index contributed by atoms with van der Waals surface area (Å²) in [6.45, 7) is 4.31. The summed E-state index contributed by atoms with van der Waals surface area (Å²) < 4.78 is 14.2. The third kappa shape index (κ3) is 6.13. The van der Waals surface area contributed by atoms with Gasteiger partial charge < -0.3 is 29.7 Å². The van der Waals surface area contributed by atoms with Crippen molar-refractivity contribution in [3.8, 4) is 16.9 Å². The van der Waals surface area contributed by atoms with Crippen LogP contribution in [0.25, 0.3) is 11.1 Å². The van der Waals surface area contributed by atoms with Crippen LogP contribution in [0.3, 0.4) is 0 Å². The van der Waals surface area contributed by atoms with Gasteiger partial charge in [-0.1, -0.05) is 6.07 Å². The van der Waals surface area contributed by atoms with Crippen molar-refractivity contribution < 1.29 is 24.2 Å². The first-order valence-corrected chi connectivity index (χ1v) is 15.0. The second-order valence-electron chi connectivity index (χ2n) is 12.0. The molecule has 2 aromatic rings. The molecule has 0 unspecified atom stereocenters. The van der Waals surface area contributed by atoms with Crippen LogP contribution in [-0.2, 0) is 16.6 Å². The van der Waals surface area contributed by atoms with E-state index in [0.717, 1.165) is 50.0 Å². The highest BCUT2D eigenvalue weighted by molar-refractivity contribution is 6.00. The number of hydrogen-bond acceptors (Lipinski definition) is 8. The van der Waals surface area contributed by atoms with E-state index < -0.39 is 18.2 Å². The van der Waals surface area contributed by atoms with Gasteiger partial charge in [0, 0.05) is 57.4 Å². The van der Waals surface area contributed by atoms with E-state index in [0.29, 0.717) is 49.9 Å². The van der Waals surface area contributed by atoms with E-state index in [1.165, 1.54) is 0 Å². The van der Waals surface area contributed by atoms with Crippen molar-refractivity contribution in [3.63, 3.8) is 0 Å². The average molecular weight is 567 g/mol. The fraction of sp³-hybridized carbons (Fsp3) is 0.633. The minimum Gasteiger partial charge on any atom is -0.493 e. The number of aryl methyl sites for hydroxylation is 1. The fourth-order valence-corrected chi connectivity index (χ4v) is 6.65. The first kappa shape index (κ1) is 28.1. The van der Waals surface area contributed by atoms with Crippen molar-refractivity contribution in [2.24, 2.45) is 7.05 Å². The predicted octanol–water partition coefficient (Wildman–Crippen LogP) is 1.11. The van der Waals surface area contributed by atoms with Gasteiger partial charge in [-0.2, -0.15) is 5.10 Å². The molecule has 4 atom stereocenters. The molecular formula is C30H42N6O5. The number of fused-ring (bicyclic) bond motifs is 4. The first-order valence-electron chi connectivity index (χ1n) is 15.0. The lowest BCUT2D eigenvalue weighted by Crippen LogP contribution is -2.63. The molecule has 0 aliphatic carbocycles. The van der Waals surface area contributed by atoms with Crippen LogP contribution in [0.15, 0.2) is 30.6 Å². The Hall–Kier alpha value is -2.99. The summed E-state index contributed by atoms with van der Waals surface area (Å²) in [5.41, 5.74) is 2.30. The summed E-state index contributed by atoms with van der Waals surface area (Å²) in [5, 5.41) is 17.9. The van der Waals surface area contributed by atoms with Crippen LogP contribution in [0, 0.1) is 0 Å². The predicted molar refractivity (Wildman–Crippen MR) is 153 cm³/mol. The number of piperazine rings is 1. The van der Waals surface area contributed by atoms with Crippen molar-refractivity contribution in [2.45, 2.75) is 62.5 Å². The number of carbonyl (C=O) groups is 2. The molecule has 2 bridgehead atoms. The number of benzene rings is 1. The van der Waals surface area contributed by atoms with E-state index in [1.54, 1.807) is 15.8 Å². The summed E-state index contributed by atoms with van der Waals surface area (Å²) in [4.78, 5) is 34.3. The number of hydrogen-bond donors (Lipinski definition) is 2. The molecule has 0 saturated carbocycles. The molecule has 222 valence electrons. The minimum atomic E-state index is -0.652. The Kier molecular flexibility index (Phi) is 8.30. The van der Waals surface area contributed by atoms with Crippen LogP contribution in [0.5, 0.6) is 5.75 Å². The number of piperidine rings is 1. The molecule has 4 aliphatic heterocycles. The lowest BCUT2D eigenvalue weighted by molar-refractivity contribution is -0.135. The molecule has 3 fully saturated rings. The largest absolute Gasteiger partial charge is 0.493 e. The zero-order chi connectivity index (χ0) is 28.5. The number of nitrogens with one attached hydrogen (secondary N) is 1. The van der Waals surface area contributed by atoms with Crippen LogP contribution in [0.4, 0.5) is 0 Å². The fourth-order valence-electron chi connectivity index (χ4n) is 6.65. The van der Waals surface area contributed by atoms with Crippen LogP contribution in [0.1, 0.15) is 42.5 Å². The van der Waals surface area contributed by atoms with Crippen molar-refractivity contribution in [3.05, 3.63) is 36.2 Å². The minimum absolute atomic E-state index is 0.0880. The smallest absolute Gasteiger partial charge is 0.258 e. The van der Waals surface area contributed by atoms with Crippen LogP contribution < -0.4 is 10.1 Å². The molecular weight excluding hydrogens is 524 g/mol. The standard InChI is InChI=1S/C30H42N6O5/c1-33-10-7-22(8-11-33)35-12-13-36-25(19-35)29(38)31-17-28-26(37)6-4-23(41-28)9-14-40-27-15-20(3-5-24(27)30(36)39)21-16-32-34(2)18-21/h3,5,15-16,18,22-23,25-26,28,37H,4,6-14,17,19H2,1-2H3,(H,31,38)/t23-,25-,26-,28+/m0/s1. The number of amides is 2. The molecule has 11 nitrogen and oxygen atoms in total. The summed E-state index contributed by atoms with van der Waals surface area (Å²) in [6.07, 6.45) is 6.57. The highest BCUT2D eigenvalue weighted by atomic mass is 16.5. The van der Waals surface area contributed by atoms with Gasteiger partial charge in [-0.3, -0.25) is 19.2 Å². The quantitative estimate of drug-likeness (QED) is 0.556. The molecule has 5 heterocycles. The number of carbonyl (C=O) groups excluding carboxylic acids is 2. The summed E-state index contributed by atoms with van der Waals surface area (Å²) >= 11 is 0. The number of aliphatic hydroxyl groups excluding tert-OH is 1. The maximum absolute atomic E-state index is 14.2. The molecule has 0 spiro atoms. The highest BCUT2D eigenvalue weighted by Gasteiger charge is 2.40. The van der Waals surface area contributed by atoms with Gasteiger partial charge in [-0.15, -0.1) is 0 Å². The van der Waals surface area contributed by atoms with Gasteiger partial charge in [-0.25, -0.2) is 0 Å². The lowest BCUT2D eigenvalue weighted by Gasteiger charge is -2.45. The van der Waals surface area contributed by atoms with Gasteiger partial charge in [-0.05, 0) is 63.5 Å². The zero-order valence-electron chi connectivity index (χ0n) is 24.1. The second-order valence-corrected chi connectivity index (χ2v) is 12.0. The maximum atomic E-state index is 14.2. The Morgan fingerprint density at radius 2 is 1.83 bits per heavy atom. The van der Waals surface area contributed by atoms with E-state index in [2.05, 4.69) is 27.3 Å². The van der Waals surface area contributed by atoms with Gasteiger partial charge in [0.2, 0.25) is 5.91 Å². The molecule has 3 saturated heterocycles. The Morgan fingerprint density at radius 1 is 1.00 bits per heavy atom. The summed E-state index contributed by atoms with van der Waals surface area (Å²) in [7, 11) is 4.01. The second kappa shape index (κ2) is 12.1. The number of likely N-dealkylation sites (tertiary alicyclic amines) is 1. The van der Waals surface area contributed by atoms with Gasteiger partial charge >= 0.3 is 0 Å². The number of ether oxygens (including phenoxy) is 2. The third-order valence-electron chi connectivity index (χ3n) is 9.19. The Bertz CT molecular complexity index is 1240. The maximum Gasteiger partial charge on any atom is 0.258 e. The molecule has 2 N–H and O–H groups in total. The highest BCUT2D eigenvalue weighted by Crippen LogP contribution is 2.31. The van der Waals surface area contributed by atoms with E-state index in [9.17, 15) is 14.7 Å². The summed E-state index contributed by atoms with van der Waals surface area (Å²) in [5.74, 6) is 0.0903. The lowest BCUT2D eigenvalue weighted by atomic mass is 9.98. The van der Waals surface area contributed by atoms with E-state index >= 15 is 0 Å². The Morgan fingerprint density at radius 3 is 2.61 bits per heavy atom. The monoisotopic (exact) mass is 566 g/mol. The topological polar surface area (TPSA) is 112 Å². The third-order valence-corrected chi connectivity index (χ3v) is 9.19. The number of aromatic nitrogens is 2. The molecule has 0 radical (unpaired) electrons. The number of nitrogens with zero attached hydrogens (tertiary/aromatic N) is 5. The molecule has 41 heavy (non-hydrogen) atoms. The first-order chi connectivity index (χ1) is 19.9. The zero-order valence-corrected chi connectivity index (χ0v) is 24.1. The molecule has 6 rings (SSSR count). The van der Waals surface area contributed by atoms with Gasteiger partial charge in [0.15, 0.2) is 0 Å². The SMILES string of the molecule is CN1CCC(N2CCN3C(=O)c4ccc(-c5cnn(C)c5)cc4OCC[C@@H]4CC[C@H](O)[C@@H](CNC(=O)[C@@H]3C2)O4)CC1. The van der Waals surface area contributed by atoms with Crippen molar-refractivity contribution in [1.29, 1.82) is 0 Å². The number of rotatable bonds is 2. The van der Waals surface area contributed by atoms with E-state index in [4.69, 9.17) is 9.47 Å². The molecule has 2 amide bonds. The van der Waals surface area contributed by atoms with Crippen molar-refractivity contribution >= 4 is 11.8 Å².